The second kappa shape index (κ2) is 7.19. The lowest BCUT2D eigenvalue weighted by atomic mass is 10.2. The van der Waals surface area contributed by atoms with Crippen LogP contribution in [0.5, 0.6) is 0 Å². The van der Waals surface area contributed by atoms with Crippen LogP contribution in [0.3, 0.4) is 0 Å². The van der Waals surface area contributed by atoms with Gasteiger partial charge in [0, 0.05) is 12.7 Å². The van der Waals surface area contributed by atoms with E-state index in [0.717, 1.165) is 0 Å². The summed E-state index contributed by atoms with van der Waals surface area (Å²) in [5, 5.41) is 25.3. The molecule has 0 aromatic carbocycles. The summed E-state index contributed by atoms with van der Waals surface area (Å²) in [4.78, 5) is 26.0. The van der Waals surface area contributed by atoms with Gasteiger partial charge in [-0.3, -0.25) is 14.9 Å². The fraction of sp³-hybridized carbons (Fsp3) is 0.462. The van der Waals surface area contributed by atoms with Crippen LogP contribution in [0.15, 0.2) is 12.3 Å². The Morgan fingerprint density at radius 1 is 1.52 bits per heavy atom. The fourth-order valence-electron chi connectivity index (χ4n) is 1.56. The highest BCUT2D eigenvalue weighted by Gasteiger charge is 2.24. The van der Waals surface area contributed by atoms with Crippen molar-refractivity contribution in [2.75, 3.05) is 11.9 Å². The smallest absolute Gasteiger partial charge is 0.328 e. The number of aromatic nitrogens is 1. The summed E-state index contributed by atoms with van der Waals surface area (Å²) < 4.78 is 0. The van der Waals surface area contributed by atoms with E-state index in [1.54, 1.807) is 13.0 Å². The Balaban J connectivity index is 2.90. The zero-order chi connectivity index (χ0) is 16.0. The molecular formula is C13H17N5O3. The SMILES string of the molecule is CC(C)CNC(=O)C(C)Nc1nccc(C#N)c1[N+](=O)[O-]. The maximum atomic E-state index is 11.9. The summed E-state index contributed by atoms with van der Waals surface area (Å²) in [6, 6.07) is 2.29. The number of nitrogens with zero attached hydrogens (tertiary/aromatic N) is 3. The predicted octanol–water partition coefficient (Wildman–Crippen LogP) is 1.43. The zero-order valence-corrected chi connectivity index (χ0v) is 12.1. The normalized spacial score (nSPS) is 11.6. The Kier molecular flexibility index (Phi) is 5.60. The molecule has 0 saturated heterocycles. The number of rotatable bonds is 6. The van der Waals surface area contributed by atoms with Crippen molar-refractivity contribution < 1.29 is 9.72 Å². The van der Waals surface area contributed by atoms with E-state index < -0.39 is 16.7 Å². The average Bonchev–Trinajstić information content (AvgIpc) is 2.43. The number of anilines is 1. The second-order valence-corrected chi connectivity index (χ2v) is 4.93. The first-order valence-corrected chi connectivity index (χ1v) is 6.44. The Morgan fingerprint density at radius 3 is 2.71 bits per heavy atom. The molecule has 1 aromatic heterocycles. The van der Waals surface area contributed by atoms with Gasteiger partial charge in [-0.25, -0.2) is 4.98 Å². The standard InChI is InChI=1S/C13H17N5O3/c1-8(2)7-16-13(19)9(3)17-12-11(18(20)21)10(6-14)4-5-15-12/h4-5,8-9H,7H2,1-3H3,(H,15,17)(H,16,19). The van der Waals surface area contributed by atoms with Gasteiger partial charge in [-0.05, 0) is 18.9 Å². The molecule has 0 saturated carbocycles. The molecule has 21 heavy (non-hydrogen) atoms. The largest absolute Gasteiger partial charge is 0.354 e. The van der Waals surface area contributed by atoms with Gasteiger partial charge in [0.15, 0.2) is 0 Å². The molecule has 0 aliphatic heterocycles. The van der Waals surface area contributed by atoms with E-state index in [-0.39, 0.29) is 17.3 Å². The minimum atomic E-state index is -0.705. The van der Waals surface area contributed by atoms with Gasteiger partial charge >= 0.3 is 5.69 Å². The van der Waals surface area contributed by atoms with Gasteiger partial charge in [0.25, 0.3) is 0 Å². The van der Waals surface area contributed by atoms with Gasteiger partial charge in [0.05, 0.1) is 4.92 Å². The molecule has 0 spiro atoms. The third kappa shape index (κ3) is 4.42. The van der Waals surface area contributed by atoms with Crippen molar-refractivity contribution in [1.82, 2.24) is 10.3 Å². The van der Waals surface area contributed by atoms with Gasteiger partial charge in [0.1, 0.15) is 17.7 Å². The third-order valence-electron chi connectivity index (χ3n) is 2.66. The van der Waals surface area contributed by atoms with E-state index in [4.69, 9.17) is 5.26 Å². The summed E-state index contributed by atoms with van der Waals surface area (Å²) in [6.45, 7) is 6.00. The molecule has 8 nitrogen and oxygen atoms in total. The van der Waals surface area contributed by atoms with Gasteiger partial charge < -0.3 is 10.6 Å². The Hall–Kier alpha value is -2.69. The van der Waals surface area contributed by atoms with E-state index in [1.807, 2.05) is 13.8 Å². The lowest BCUT2D eigenvalue weighted by molar-refractivity contribution is -0.384. The number of hydrogen-bond donors (Lipinski definition) is 2. The van der Waals surface area contributed by atoms with Crippen molar-refractivity contribution in [3.05, 3.63) is 27.9 Å². The molecule has 1 amide bonds. The van der Waals surface area contributed by atoms with Crippen molar-refractivity contribution in [3.63, 3.8) is 0 Å². The average molecular weight is 291 g/mol. The molecular weight excluding hydrogens is 274 g/mol. The molecule has 1 aromatic rings. The van der Waals surface area contributed by atoms with E-state index in [0.29, 0.717) is 12.5 Å². The third-order valence-corrected chi connectivity index (χ3v) is 2.66. The highest BCUT2D eigenvalue weighted by molar-refractivity contribution is 5.84. The van der Waals surface area contributed by atoms with Crippen molar-refractivity contribution in [2.24, 2.45) is 5.92 Å². The molecule has 0 aliphatic carbocycles. The van der Waals surface area contributed by atoms with Crippen LogP contribution in [0.1, 0.15) is 26.3 Å². The van der Waals surface area contributed by atoms with Crippen LogP contribution in [-0.2, 0) is 4.79 Å². The molecule has 1 heterocycles. The first-order valence-electron chi connectivity index (χ1n) is 6.44. The van der Waals surface area contributed by atoms with Crippen molar-refractivity contribution in [2.45, 2.75) is 26.8 Å². The topological polar surface area (TPSA) is 121 Å². The number of hydrogen-bond acceptors (Lipinski definition) is 6. The highest BCUT2D eigenvalue weighted by atomic mass is 16.6. The maximum absolute atomic E-state index is 11.9. The molecule has 0 bridgehead atoms. The van der Waals surface area contributed by atoms with E-state index >= 15 is 0 Å². The van der Waals surface area contributed by atoms with Crippen LogP contribution in [-0.4, -0.2) is 28.4 Å². The number of nitriles is 1. The number of pyridine rings is 1. The fourth-order valence-corrected chi connectivity index (χ4v) is 1.56. The van der Waals surface area contributed by atoms with Gasteiger partial charge in [-0.2, -0.15) is 5.26 Å². The zero-order valence-electron chi connectivity index (χ0n) is 12.1. The Morgan fingerprint density at radius 2 is 2.19 bits per heavy atom. The van der Waals surface area contributed by atoms with E-state index in [1.165, 1.54) is 12.3 Å². The summed E-state index contributed by atoms with van der Waals surface area (Å²) in [5.74, 6) is -0.0797. The molecule has 112 valence electrons. The maximum Gasteiger partial charge on any atom is 0.328 e. The van der Waals surface area contributed by atoms with Crippen molar-refractivity contribution in [1.29, 1.82) is 5.26 Å². The Bertz CT molecular complexity index is 580. The molecule has 1 atom stereocenters. The van der Waals surface area contributed by atoms with Crippen LogP contribution >= 0.6 is 0 Å². The molecule has 8 heteroatoms. The van der Waals surface area contributed by atoms with E-state index in [2.05, 4.69) is 15.6 Å². The summed E-state index contributed by atoms with van der Waals surface area (Å²) in [7, 11) is 0. The van der Waals surface area contributed by atoms with Crippen molar-refractivity contribution in [3.8, 4) is 6.07 Å². The number of carbonyl (C=O) groups is 1. The van der Waals surface area contributed by atoms with Gasteiger partial charge in [-0.1, -0.05) is 13.8 Å². The number of amides is 1. The number of nitrogens with one attached hydrogen (secondary N) is 2. The van der Waals surface area contributed by atoms with Crippen LogP contribution in [0.2, 0.25) is 0 Å². The van der Waals surface area contributed by atoms with Gasteiger partial charge in [0.2, 0.25) is 11.7 Å². The Labute approximate surface area is 122 Å². The first kappa shape index (κ1) is 16.4. The molecule has 1 rings (SSSR count). The van der Waals surface area contributed by atoms with Crippen LogP contribution in [0.25, 0.3) is 0 Å². The summed E-state index contributed by atoms with van der Waals surface area (Å²) >= 11 is 0. The van der Waals surface area contributed by atoms with Gasteiger partial charge in [-0.15, -0.1) is 0 Å². The lowest BCUT2D eigenvalue weighted by Crippen LogP contribution is -2.39. The first-order chi connectivity index (χ1) is 9.86. The molecule has 0 radical (unpaired) electrons. The second-order valence-electron chi connectivity index (χ2n) is 4.93. The van der Waals surface area contributed by atoms with E-state index in [9.17, 15) is 14.9 Å². The van der Waals surface area contributed by atoms with Crippen molar-refractivity contribution >= 4 is 17.4 Å². The predicted molar refractivity (Wildman–Crippen MR) is 76.5 cm³/mol. The summed E-state index contributed by atoms with van der Waals surface area (Å²) in [5.41, 5.74) is -0.532. The monoisotopic (exact) mass is 291 g/mol. The minimum absolute atomic E-state index is 0.0914. The van der Waals surface area contributed by atoms with Crippen LogP contribution < -0.4 is 10.6 Å². The minimum Gasteiger partial charge on any atom is -0.354 e. The molecule has 1 unspecified atom stereocenters. The van der Waals surface area contributed by atoms with Crippen LogP contribution in [0.4, 0.5) is 11.5 Å². The summed E-state index contributed by atoms with van der Waals surface area (Å²) in [6.07, 6.45) is 1.28. The number of carbonyl (C=O) groups excluding carboxylic acids is 1. The quantitative estimate of drug-likeness (QED) is 0.604. The highest BCUT2D eigenvalue weighted by Crippen LogP contribution is 2.26. The molecule has 0 fully saturated rings. The molecule has 2 N–H and O–H groups in total. The number of nitro groups is 1. The lowest BCUT2D eigenvalue weighted by Gasteiger charge is -2.15. The molecule has 0 aliphatic rings. The van der Waals surface area contributed by atoms with Crippen LogP contribution in [0, 0.1) is 27.4 Å².